The zero-order chi connectivity index (χ0) is 12.4. The number of benzene rings is 1. The van der Waals surface area contributed by atoms with E-state index in [1.165, 1.54) is 18.2 Å². The van der Waals surface area contributed by atoms with Crippen LogP contribution in [0.15, 0.2) is 30.5 Å². The van der Waals surface area contributed by atoms with Crippen molar-refractivity contribution in [2.24, 2.45) is 7.05 Å². The maximum atomic E-state index is 13.5. The van der Waals surface area contributed by atoms with Crippen LogP contribution in [0.3, 0.4) is 0 Å². The van der Waals surface area contributed by atoms with Crippen molar-refractivity contribution in [2.45, 2.75) is 13.0 Å². The fourth-order valence-corrected chi connectivity index (χ4v) is 1.71. The van der Waals surface area contributed by atoms with E-state index in [4.69, 9.17) is 0 Å². The molecule has 0 aliphatic heterocycles. The third-order valence-corrected chi connectivity index (χ3v) is 2.51. The number of aryl methyl sites for hydroxylation is 1. The van der Waals surface area contributed by atoms with Crippen LogP contribution in [-0.2, 0) is 7.05 Å². The van der Waals surface area contributed by atoms with Crippen molar-refractivity contribution < 1.29 is 8.78 Å². The summed E-state index contributed by atoms with van der Waals surface area (Å²) in [5, 5.41) is 7.04. The molecule has 0 unspecified atom stereocenters. The summed E-state index contributed by atoms with van der Waals surface area (Å²) in [6.07, 6.45) is 1.76. The van der Waals surface area contributed by atoms with Gasteiger partial charge in [0.05, 0.1) is 6.04 Å². The molecule has 90 valence electrons. The third-order valence-electron chi connectivity index (χ3n) is 2.51. The van der Waals surface area contributed by atoms with Crippen LogP contribution < -0.4 is 5.32 Å². The molecule has 0 aliphatic carbocycles. The van der Waals surface area contributed by atoms with Crippen LogP contribution in [0.1, 0.15) is 18.5 Å². The van der Waals surface area contributed by atoms with Crippen LogP contribution in [0.5, 0.6) is 0 Å². The van der Waals surface area contributed by atoms with Crippen molar-refractivity contribution in [3.63, 3.8) is 0 Å². The summed E-state index contributed by atoms with van der Waals surface area (Å²) >= 11 is 0. The molecule has 0 aliphatic rings. The van der Waals surface area contributed by atoms with Crippen molar-refractivity contribution in [3.05, 3.63) is 47.7 Å². The van der Waals surface area contributed by atoms with Crippen molar-refractivity contribution >= 4 is 5.82 Å². The zero-order valence-electron chi connectivity index (χ0n) is 9.61. The number of anilines is 1. The van der Waals surface area contributed by atoms with Gasteiger partial charge in [0.25, 0.3) is 0 Å². The summed E-state index contributed by atoms with van der Waals surface area (Å²) in [5.41, 5.74) is 0.0261. The van der Waals surface area contributed by atoms with Crippen molar-refractivity contribution in [2.75, 3.05) is 5.32 Å². The highest BCUT2D eigenvalue weighted by Gasteiger charge is 2.16. The van der Waals surface area contributed by atoms with Gasteiger partial charge in [0.2, 0.25) is 0 Å². The second kappa shape index (κ2) is 4.53. The van der Waals surface area contributed by atoms with Crippen LogP contribution >= 0.6 is 0 Å². The molecule has 1 atom stereocenters. The van der Waals surface area contributed by atoms with E-state index in [0.717, 1.165) is 0 Å². The molecule has 0 amide bonds. The van der Waals surface area contributed by atoms with Gasteiger partial charge in [0.1, 0.15) is 17.5 Å². The molecule has 0 radical (unpaired) electrons. The number of hydrogen-bond acceptors (Lipinski definition) is 2. The molecule has 5 heteroatoms. The molecular formula is C12H13F2N3. The molecule has 0 spiro atoms. The fourth-order valence-electron chi connectivity index (χ4n) is 1.71. The minimum absolute atomic E-state index is 0.0261. The van der Waals surface area contributed by atoms with Gasteiger partial charge in [-0.05, 0) is 19.1 Å². The maximum Gasteiger partial charge on any atom is 0.148 e. The molecule has 2 aromatic rings. The quantitative estimate of drug-likeness (QED) is 0.889. The van der Waals surface area contributed by atoms with Gasteiger partial charge in [0.15, 0.2) is 0 Å². The van der Waals surface area contributed by atoms with Crippen LogP contribution in [0.2, 0.25) is 0 Å². The van der Waals surface area contributed by atoms with Crippen molar-refractivity contribution in [1.82, 2.24) is 9.78 Å². The Balaban J connectivity index is 2.22. The first kappa shape index (κ1) is 11.6. The molecule has 3 nitrogen and oxygen atoms in total. The van der Waals surface area contributed by atoms with E-state index in [-0.39, 0.29) is 5.56 Å². The smallest absolute Gasteiger partial charge is 0.148 e. The van der Waals surface area contributed by atoms with Gasteiger partial charge >= 0.3 is 0 Å². The van der Waals surface area contributed by atoms with E-state index < -0.39 is 17.7 Å². The molecule has 1 aromatic carbocycles. The van der Waals surface area contributed by atoms with E-state index in [1.807, 2.05) is 0 Å². The molecule has 17 heavy (non-hydrogen) atoms. The Morgan fingerprint density at radius 1 is 1.24 bits per heavy atom. The van der Waals surface area contributed by atoms with Crippen molar-refractivity contribution in [3.8, 4) is 0 Å². The minimum Gasteiger partial charge on any atom is -0.362 e. The minimum atomic E-state index is -0.555. The summed E-state index contributed by atoms with van der Waals surface area (Å²) in [6.45, 7) is 1.69. The molecule has 0 saturated carbocycles. The second-order valence-electron chi connectivity index (χ2n) is 3.88. The molecule has 0 bridgehead atoms. The Kier molecular flexibility index (Phi) is 3.08. The van der Waals surface area contributed by atoms with Crippen LogP contribution in [0, 0.1) is 11.6 Å². The molecule has 0 saturated heterocycles. The number of hydrogen-bond donors (Lipinski definition) is 1. The summed E-state index contributed by atoms with van der Waals surface area (Å²) in [5.74, 6) is -0.524. The second-order valence-corrected chi connectivity index (χ2v) is 3.88. The Bertz CT molecular complexity index is 502. The number of halogens is 2. The Morgan fingerprint density at radius 3 is 2.41 bits per heavy atom. The highest BCUT2D eigenvalue weighted by atomic mass is 19.1. The normalized spacial score (nSPS) is 12.5. The number of aromatic nitrogens is 2. The lowest BCUT2D eigenvalue weighted by atomic mass is 10.1. The summed E-state index contributed by atoms with van der Waals surface area (Å²) in [4.78, 5) is 0. The Hall–Kier alpha value is -1.91. The van der Waals surface area contributed by atoms with Gasteiger partial charge in [0, 0.05) is 24.9 Å². The molecule has 2 rings (SSSR count). The van der Waals surface area contributed by atoms with E-state index >= 15 is 0 Å². The monoisotopic (exact) mass is 237 g/mol. The standard InChI is InChI=1S/C12H13F2N3/c1-8(15-11-6-7-17(2)16-11)12-9(13)4-3-5-10(12)14/h3-8H,1-2H3,(H,15,16)/t8-/m1/s1. The highest BCUT2D eigenvalue weighted by Crippen LogP contribution is 2.23. The lowest BCUT2D eigenvalue weighted by Gasteiger charge is -2.15. The third kappa shape index (κ3) is 2.43. The van der Waals surface area contributed by atoms with Crippen molar-refractivity contribution in [1.29, 1.82) is 0 Å². The van der Waals surface area contributed by atoms with Crippen LogP contribution in [0.25, 0.3) is 0 Å². The first-order valence-corrected chi connectivity index (χ1v) is 5.28. The average molecular weight is 237 g/mol. The zero-order valence-corrected chi connectivity index (χ0v) is 9.61. The molecule has 1 heterocycles. The van der Waals surface area contributed by atoms with Gasteiger partial charge in [-0.2, -0.15) is 5.10 Å². The Morgan fingerprint density at radius 2 is 1.88 bits per heavy atom. The predicted octanol–water partition coefficient (Wildman–Crippen LogP) is 2.87. The van der Waals surface area contributed by atoms with Gasteiger partial charge in [-0.3, -0.25) is 4.68 Å². The predicted molar refractivity (Wildman–Crippen MR) is 61.6 cm³/mol. The van der Waals surface area contributed by atoms with Crippen LogP contribution in [0.4, 0.5) is 14.6 Å². The number of nitrogens with zero attached hydrogens (tertiary/aromatic N) is 2. The number of nitrogens with one attached hydrogen (secondary N) is 1. The molecule has 1 N–H and O–H groups in total. The molecule has 0 fully saturated rings. The number of rotatable bonds is 3. The molecule has 1 aromatic heterocycles. The average Bonchev–Trinajstić information content (AvgIpc) is 2.63. The van der Waals surface area contributed by atoms with Crippen LogP contribution in [-0.4, -0.2) is 9.78 Å². The first-order chi connectivity index (χ1) is 8.08. The Labute approximate surface area is 98.1 Å². The van der Waals surface area contributed by atoms with Gasteiger partial charge < -0.3 is 5.32 Å². The maximum absolute atomic E-state index is 13.5. The topological polar surface area (TPSA) is 29.9 Å². The van der Waals surface area contributed by atoms with E-state index in [1.54, 1.807) is 30.9 Å². The van der Waals surface area contributed by atoms with Gasteiger partial charge in [-0.15, -0.1) is 0 Å². The lowest BCUT2D eigenvalue weighted by Crippen LogP contribution is -2.11. The largest absolute Gasteiger partial charge is 0.362 e. The van der Waals surface area contributed by atoms with Gasteiger partial charge in [-0.25, -0.2) is 8.78 Å². The molecular weight excluding hydrogens is 224 g/mol. The fraction of sp³-hybridized carbons (Fsp3) is 0.250. The summed E-state index contributed by atoms with van der Waals surface area (Å²) in [7, 11) is 1.78. The van der Waals surface area contributed by atoms with E-state index in [2.05, 4.69) is 10.4 Å². The highest BCUT2D eigenvalue weighted by molar-refractivity contribution is 5.37. The first-order valence-electron chi connectivity index (χ1n) is 5.28. The van der Waals surface area contributed by atoms with E-state index in [0.29, 0.717) is 5.82 Å². The summed E-state index contributed by atoms with van der Waals surface area (Å²) in [6, 6.07) is 5.10. The summed E-state index contributed by atoms with van der Waals surface area (Å²) < 4.78 is 28.6. The SMILES string of the molecule is C[C@@H](Nc1ccn(C)n1)c1c(F)cccc1F. The van der Waals surface area contributed by atoms with E-state index in [9.17, 15) is 8.78 Å². The lowest BCUT2D eigenvalue weighted by molar-refractivity contribution is 0.543. The van der Waals surface area contributed by atoms with Gasteiger partial charge in [-0.1, -0.05) is 6.07 Å².